The van der Waals surface area contributed by atoms with Crippen LogP contribution in [-0.4, -0.2) is 7.05 Å². The fourth-order valence-corrected chi connectivity index (χ4v) is 2.70. The average Bonchev–Trinajstić information content (AvgIpc) is 2.65. The lowest BCUT2D eigenvalue weighted by Crippen LogP contribution is -2.21. The fraction of sp³-hybridized carbons (Fsp3) is 0.176. The molecule has 0 saturated carbocycles. The highest BCUT2D eigenvalue weighted by Crippen LogP contribution is 2.47. The van der Waals surface area contributed by atoms with Gasteiger partial charge in [0, 0.05) is 7.05 Å². The van der Waals surface area contributed by atoms with E-state index in [-0.39, 0.29) is 0 Å². The predicted molar refractivity (Wildman–Crippen MR) is 82.0 cm³/mol. The molecule has 0 radical (unpaired) electrons. The maximum absolute atomic E-state index is 4.24. The molecule has 1 heterocycles. The molecule has 0 N–H and O–H groups in total. The van der Waals surface area contributed by atoms with E-state index >= 15 is 0 Å². The van der Waals surface area contributed by atoms with Gasteiger partial charge >= 0.3 is 0 Å². The lowest BCUT2D eigenvalue weighted by atomic mass is 10.1. The number of para-hydroxylation sites is 2. The van der Waals surface area contributed by atoms with Gasteiger partial charge in [0.2, 0.25) is 0 Å². The van der Waals surface area contributed by atoms with Crippen molar-refractivity contribution in [2.45, 2.75) is 13.8 Å². The number of rotatable bonds is 1. The molecule has 96 valence electrons. The number of hydrogen-bond donors (Lipinski definition) is 0. The Morgan fingerprint density at radius 3 is 2.21 bits per heavy atom. The monoisotopic (exact) mass is 250 g/mol. The lowest BCUT2D eigenvalue weighted by Gasteiger charge is -2.24. The van der Waals surface area contributed by atoms with Gasteiger partial charge in [-0.3, -0.25) is 4.90 Å². The van der Waals surface area contributed by atoms with Gasteiger partial charge in [-0.05, 0) is 37.1 Å². The summed E-state index contributed by atoms with van der Waals surface area (Å²) in [6.45, 7) is 8.53. The molecule has 0 bridgehead atoms. The minimum atomic E-state index is 0.999. The van der Waals surface area contributed by atoms with Crippen LogP contribution < -0.4 is 9.80 Å². The number of benzene rings is 2. The predicted octanol–water partition coefficient (Wildman–Crippen LogP) is 4.36. The van der Waals surface area contributed by atoms with Crippen molar-refractivity contribution in [3.63, 3.8) is 0 Å². The largest absolute Gasteiger partial charge is 0.329 e. The Labute approximate surface area is 114 Å². The first-order chi connectivity index (χ1) is 9.11. The van der Waals surface area contributed by atoms with Crippen LogP contribution >= 0.6 is 0 Å². The van der Waals surface area contributed by atoms with Crippen LogP contribution in [-0.2, 0) is 0 Å². The van der Waals surface area contributed by atoms with Gasteiger partial charge in [0.05, 0.1) is 17.1 Å². The standard InChI is InChI=1S/C17H18N2/c1-12-8-5-6-10-15(12)19-14(3)18(4)16-11-7-9-13(2)17(16)19/h5-11H,3H2,1-2,4H3. The Hall–Kier alpha value is -2.22. The minimum absolute atomic E-state index is 0.999. The van der Waals surface area contributed by atoms with Crippen LogP contribution in [0.4, 0.5) is 17.1 Å². The van der Waals surface area contributed by atoms with Gasteiger partial charge in [-0.1, -0.05) is 36.9 Å². The lowest BCUT2D eigenvalue weighted by molar-refractivity contribution is 1.09. The van der Waals surface area contributed by atoms with E-state index in [4.69, 9.17) is 0 Å². The maximum Gasteiger partial charge on any atom is 0.110 e. The first kappa shape index (κ1) is 11.8. The first-order valence-electron chi connectivity index (χ1n) is 6.49. The Balaban J connectivity index is 2.25. The quantitative estimate of drug-likeness (QED) is 0.742. The van der Waals surface area contributed by atoms with E-state index in [1.807, 2.05) is 0 Å². The third kappa shape index (κ3) is 1.64. The highest BCUT2D eigenvalue weighted by Gasteiger charge is 2.30. The molecule has 2 nitrogen and oxygen atoms in total. The minimum Gasteiger partial charge on any atom is -0.329 e. The van der Waals surface area contributed by atoms with Crippen molar-refractivity contribution < 1.29 is 0 Å². The van der Waals surface area contributed by atoms with Crippen molar-refractivity contribution in [1.29, 1.82) is 0 Å². The average molecular weight is 250 g/mol. The number of nitrogens with zero attached hydrogens (tertiary/aromatic N) is 2. The third-order valence-electron chi connectivity index (χ3n) is 3.80. The molecule has 0 aliphatic carbocycles. The summed E-state index contributed by atoms with van der Waals surface area (Å²) in [6.07, 6.45) is 0. The van der Waals surface area contributed by atoms with Crippen LogP contribution in [0.25, 0.3) is 0 Å². The molecule has 0 fully saturated rings. The molecule has 0 amide bonds. The summed E-state index contributed by atoms with van der Waals surface area (Å²) < 4.78 is 0. The summed E-state index contributed by atoms with van der Waals surface area (Å²) >= 11 is 0. The SMILES string of the molecule is C=C1N(C)c2cccc(C)c2N1c1ccccc1C. The van der Waals surface area contributed by atoms with E-state index in [9.17, 15) is 0 Å². The van der Waals surface area contributed by atoms with Crippen molar-refractivity contribution in [2.75, 3.05) is 16.8 Å². The number of fused-ring (bicyclic) bond motifs is 1. The molecule has 1 aliphatic heterocycles. The highest BCUT2D eigenvalue weighted by atomic mass is 15.4. The maximum atomic E-state index is 4.24. The smallest absolute Gasteiger partial charge is 0.110 e. The highest BCUT2D eigenvalue weighted by molar-refractivity contribution is 5.90. The Bertz CT molecular complexity index is 658. The molecule has 0 unspecified atom stereocenters. The summed E-state index contributed by atoms with van der Waals surface area (Å²) in [7, 11) is 2.07. The van der Waals surface area contributed by atoms with Crippen LogP contribution in [0, 0.1) is 13.8 Å². The van der Waals surface area contributed by atoms with Crippen LogP contribution in [0.15, 0.2) is 54.9 Å². The van der Waals surface area contributed by atoms with Crippen LogP contribution in [0.2, 0.25) is 0 Å². The summed E-state index contributed by atoms with van der Waals surface area (Å²) in [5.74, 6) is 0.999. The summed E-state index contributed by atoms with van der Waals surface area (Å²) in [5, 5.41) is 0. The van der Waals surface area contributed by atoms with Gasteiger partial charge in [-0.2, -0.15) is 0 Å². The molecule has 2 aromatic carbocycles. The Kier molecular flexibility index (Phi) is 2.59. The zero-order valence-electron chi connectivity index (χ0n) is 11.6. The summed E-state index contributed by atoms with van der Waals surface area (Å²) in [6, 6.07) is 14.8. The molecule has 0 aromatic heterocycles. The van der Waals surface area contributed by atoms with Gasteiger partial charge < -0.3 is 4.90 Å². The summed E-state index contributed by atoms with van der Waals surface area (Å²) in [5.41, 5.74) is 6.18. The normalized spacial score (nSPS) is 13.9. The Morgan fingerprint density at radius 2 is 1.47 bits per heavy atom. The van der Waals surface area contributed by atoms with Crippen molar-refractivity contribution in [3.8, 4) is 0 Å². The molecule has 2 heteroatoms. The van der Waals surface area contributed by atoms with Gasteiger partial charge in [-0.15, -0.1) is 0 Å². The van der Waals surface area contributed by atoms with Gasteiger partial charge in [-0.25, -0.2) is 0 Å². The van der Waals surface area contributed by atoms with E-state index in [0.717, 1.165) is 5.82 Å². The number of aryl methyl sites for hydroxylation is 2. The Morgan fingerprint density at radius 1 is 0.842 bits per heavy atom. The first-order valence-corrected chi connectivity index (χ1v) is 6.49. The van der Waals surface area contributed by atoms with E-state index in [1.165, 1.54) is 28.2 Å². The van der Waals surface area contributed by atoms with Crippen LogP contribution in [0.3, 0.4) is 0 Å². The molecule has 0 atom stereocenters. The number of hydrogen-bond acceptors (Lipinski definition) is 2. The topological polar surface area (TPSA) is 6.48 Å². The van der Waals surface area contributed by atoms with Crippen LogP contribution in [0.1, 0.15) is 11.1 Å². The van der Waals surface area contributed by atoms with Gasteiger partial charge in [0.15, 0.2) is 0 Å². The summed E-state index contributed by atoms with van der Waals surface area (Å²) in [4.78, 5) is 4.40. The molecule has 0 saturated heterocycles. The van der Waals surface area contributed by atoms with E-state index in [2.05, 4.69) is 79.7 Å². The molecule has 0 spiro atoms. The van der Waals surface area contributed by atoms with E-state index in [1.54, 1.807) is 0 Å². The molecule has 1 aliphatic rings. The second kappa shape index (κ2) is 4.16. The van der Waals surface area contributed by atoms with Gasteiger partial charge in [0.1, 0.15) is 5.82 Å². The molecule has 3 rings (SSSR count). The third-order valence-corrected chi connectivity index (χ3v) is 3.80. The molecule has 19 heavy (non-hydrogen) atoms. The second-order valence-electron chi connectivity index (χ2n) is 5.04. The van der Waals surface area contributed by atoms with Crippen molar-refractivity contribution in [3.05, 3.63) is 66.0 Å². The zero-order chi connectivity index (χ0) is 13.6. The molecular formula is C17H18N2. The molecule has 2 aromatic rings. The zero-order valence-corrected chi connectivity index (χ0v) is 11.6. The second-order valence-corrected chi connectivity index (χ2v) is 5.04. The van der Waals surface area contributed by atoms with Gasteiger partial charge in [0.25, 0.3) is 0 Å². The van der Waals surface area contributed by atoms with Crippen molar-refractivity contribution in [2.24, 2.45) is 0 Å². The fourth-order valence-electron chi connectivity index (χ4n) is 2.70. The van der Waals surface area contributed by atoms with Crippen LogP contribution in [0.5, 0.6) is 0 Å². The molecular weight excluding hydrogens is 232 g/mol. The van der Waals surface area contributed by atoms with Crippen molar-refractivity contribution >= 4 is 17.1 Å². The van der Waals surface area contributed by atoms with Crippen molar-refractivity contribution in [1.82, 2.24) is 0 Å². The van der Waals surface area contributed by atoms with E-state index in [0.29, 0.717) is 0 Å². The number of anilines is 3. The van der Waals surface area contributed by atoms with E-state index < -0.39 is 0 Å².